The van der Waals surface area contributed by atoms with Gasteiger partial charge in [-0.05, 0) is 55.7 Å². The summed E-state index contributed by atoms with van der Waals surface area (Å²) < 4.78 is 6.52. The molecule has 5 nitrogen and oxygen atoms in total. The fraction of sp³-hybridized carbons (Fsp3) is 0.571. The number of nitrogens with two attached hydrogens (primary N) is 1. The maximum atomic E-state index is 9.95. The van der Waals surface area contributed by atoms with E-state index in [1.807, 2.05) is 6.07 Å². The van der Waals surface area contributed by atoms with Crippen molar-refractivity contribution in [3.05, 3.63) is 51.8 Å². The molecule has 0 radical (unpaired) electrons. The fourth-order valence-electron chi connectivity index (χ4n) is 5.69. The molecule has 2 aliphatic heterocycles. The quantitative estimate of drug-likeness (QED) is 0.513. The largest absolute Gasteiger partial charge is 0.398 e. The normalized spacial score (nSPS) is 20.0. The van der Waals surface area contributed by atoms with Crippen LogP contribution in [0.25, 0.3) is 0 Å². The third kappa shape index (κ3) is 3.89. The van der Waals surface area contributed by atoms with E-state index in [1.54, 1.807) is 0 Å². The zero-order chi connectivity index (χ0) is 23.8. The smallest absolute Gasteiger partial charge is 0.102 e. The molecule has 2 atom stereocenters. The van der Waals surface area contributed by atoms with Gasteiger partial charge in [0.1, 0.15) is 6.07 Å². The molecule has 0 saturated carbocycles. The third-order valence-corrected chi connectivity index (χ3v) is 8.28. The number of hydrogen-bond donors (Lipinski definition) is 1. The van der Waals surface area contributed by atoms with Gasteiger partial charge in [-0.3, -0.25) is 4.98 Å². The summed E-state index contributed by atoms with van der Waals surface area (Å²) in [6, 6.07) is 8.60. The maximum absolute atomic E-state index is 9.95. The molecule has 1 aromatic carbocycles. The van der Waals surface area contributed by atoms with E-state index in [2.05, 4.69) is 57.7 Å². The first-order valence-electron chi connectivity index (χ1n) is 12.7. The number of nitrogen functional groups attached to an aromatic ring is 1. The van der Waals surface area contributed by atoms with Crippen LogP contribution in [0.2, 0.25) is 0 Å². The first-order chi connectivity index (χ1) is 15.9. The van der Waals surface area contributed by atoms with E-state index in [-0.39, 0.29) is 11.6 Å². The van der Waals surface area contributed by atoms with Crippen molar-refractivity contribution >= 4 is 11.4 Å². The Labute approximate surface area is 199 Å². The van der Waals surface area contributed by atoms with E-state index in [0.717, 1.165) is 49.2 Å². The molecule has 2 N–H and O–H groups in total. The van der Waals surface area contributed by atoms with Crippen LogP contribution in [-0.4, -0.2) is 17.1 Å². The summed E-state index contributed by atoms with van der Waals surface area (Å²) in [6.07, 6.45) is 5.93. The molecule has 0 bridgehead atoms. The summed E-state index contributed by atoms with van der Waals surface area (Å²) in [4.78, 5) is 7.66. The first kappa shape index (κ1) is 23.6. The van der Waals surface area contributed by atoms with Gasteiger partial charge in [0.15, 0.2) is 0 Å². The highest BCUT2D eigenvalue weighted by molar-refractivity contribution is 5.63. The van der Waals surface area contributed by atoms with Gasteiger partial charge in [0.25, 0.3) is 0 Å². The maximum Gasteiger partial charge on any atom is 0.102 e. The van der Waals surface area contributed by atoms with Gasteiger partial charge in [-0.15, -0.1) is 0 Å². The SMILES string of the molecule is CCc1cc(N2CCC2(CC)CC)c2c(n1)CC(c1c(C(C)CC)ccc(N)c1C#N)OC2. The number of fused-ring (bicyclic) bond motifs is 1. The first-order valence-corrected chi connectivity index (χ1v) is 12.7. The number of rotatable bonds is 7. The predicted octanol–water partition coefficient (Wildman–Crippen LogP) is 6.19. The van der Waals surface area contributed by atoms with Crippen LogP contribution in [0.15, 0.2) is 18.2 Å². The van der Waals surface area contributed by atoms with E-state index in [4.69, 9.17) is 15.5 Å². The Morgan fingerprint density at radius 3 is 2.61 bits per heavy atom. The van der Waals surface area contributed by atoms with Crippen molar-refractivity contribution < 1.29 is 4.74 Å². The molecule has 0 spiro atoms. The molecule has 176 valence electrons. The zero-order valence-corrected chi connectivity index (χ0v) is 20.9. The molecular formula is C28H38N4O. The predicted molar refractivity (Wildman–Crippen MR) is 134 cm³/mol. The number of benzene rings is 1. The molecule has 33 heavy (non-hydrogen) atoms. The van der Waals surface area contributed by atoms with Crippen LogP contribution in [0, 0.1) is 11.3 Å². The molecule has 2 aliphatic rings. The topological polar surface area (TPSA) is 75.2 Å². The highest BCUT2D eigenvalue weighted by atomic mass is 16.5. The van der Waals surface area contributed by atoms with Crippen molar-refractivity contribution in [2.75, 3.05) is 17.2 Å². The second-order valence-corrected chi connectivity index (χ2v) is 9.70. The number of ether oxygens (including phenoxy) is 1. The molecule has 5 heteroatoms. The molecule has 1 fully saturated rings. The standard InChI is InChI=1S/C28H38N4O/c1-6-18(5)20-10-11-23(30)21(16-29)27(20)26-15-24-22(17-33-26)25(14-19(7-2)31-24)32-13-12-28(32,8-3)9-4/h10-11,14,18,26H,6-9,12-13,15,17,30H2,1-5H3. The lowest BCUT2D eigenvalue weighted by molar-refractivity contribution is 0.0250. The Morgan fingerprint density at radius 1 is 1.27 bits per heavy atom. The number of nitrogens with zero attached hydrogens (tertiary/aromatic N) is 3. The van der Waals surface area contributed by atoms with Gasteiger partial charge >= 0.3 is 0 Å². The molecule has 0 aliphatic carbocycles. The van der Waals surface area contributed by atoms with E-state index >= 15 is 0 Å². The van der Waals surface area contributed by atoms with E-state index in [1.165, 1.54) is 23.2 Å². The average Bonchev–Trinajstić information content (AvgIpc) is 2.83. The minimum Gasteiger partial charge on any atom is -0.398 e. The molecule has 2 aromatic rings. The van der Waals surface area contributed by atoms with Crippen LogP contribution in [0.4, 0.5) is 11.4 Å². The Kier molecular flexibility index (Phi) is 6.68. The van der Waals surface area contributed by atoms with Crippen LogP contribution >= 0.6 is 0 Å². The van der Waals surface area contributed by atoms with Crippen molar-refractivity contribution in [3.8, 4) is 6.07 Å². The van der Waals surface area contributed by atoms with E-state index in [9.17, 15) is 5.26 Å². The molecule has 4 rings (SSSR count). The minimum absolute atomic E-state index is 0.203. The monoisotopic (exact) mass is 446 g/mol. The van der Waals surface area contributed by atoms with Gasteiger partial charge in [0.2, 0.25) is 0 Å². The van der Waals surface area contributed by atoms with Gasteiger partial charge < -0.3 is 15.4 Å². The van der Waals surface area contributed by atoms with Crippen molar-refractivity contribution in [1.29, 1.82) is 5.26 Å². The van der Waals surface area contributed by atoms with Crippen LogP contribution in [0.5, 0.6) is 0 Å². The second-order valence-electron chi connectivity index (χ2n) is 9.70. The Balaban J connectivity index is 1.78. The van der Waals surface area contributed by atoms with E-state index < -0.39 is 0 Å². The number of hydrogen-bond acceptors (Lipinski definition) is 5. The van der Waals surface area contributed by atoms with Crippen molar-refractivity contribution in [3.63, 3.8) is 0 Å². The summed E-state index contributed by atoms with van der Waals surface area (Å²) >= 11 is 0. The van der Waals surface area contributed by atoms with Gasteiger partial charge in [0, 0.05) is 46.7 Å². The molecule has 1 saturated heterocycles. The highest BCUT2D eigenvalue weighted by Gasteiger charge is 2.43. The summed E-state index contributed by atoms with van der Waals surface area (Å²) in [7, 11) is 0. The van der Waals surface area contributed by atoms with Gasteiger partial charge in [-0.2, -0.15) is 5.26 Å². The van der Waals surface area contributed by atoms with Gasteiger partial charge in [-0.1, -0.05) is 40.7 Å². The highest BCUT2D eigenvalue weighted by Crippen LogP contribution is 2.46. The van der Waals surface area contributed by atoms with Crippen molar-refractivity contribution in [2.24, 2.45) is 0 Å². The van der Waals surface area contributed by atoms with E-state index in [0.29, 0.717) is 30.2 Å². The number of nitriles is 1. The lowest BCUT2D eigenvalue weighted by atomic mass is 9.78. The van der Waals surface area contributed by atoms with Crippen LogP contribution in [0.1, 0.15) is 106 Å². The lowest BCUT2D eigenvalue weighted by Gasteiger charge is -2.55. The summed E-state index contributed by atoms with van der Waals surface area (Å²) in [5.41, 5.74) is 14.5. The van der Waals surface area contributed by atoms with Crippen LogP contribution in [-0.2, 0) is 24.2 Å². The summed E-state index contributed by atoms with van der Waals surface area (Å²) in [6.45, 7) is 12.8. The number of anilines is 2. The number of aryl methyl sites for hydroxylation is 1. The van der Waals surface area contributed by atoms with Crippen LogP contribution < -0.4 is 10.6 Å². The molecule has 2 unspecified atom stereocenters. The molecule has 0 amide bonds. The number of aromatic nitrogens is 1. The molecule has 1 aromatic heterocycles. The zero-order valence-electron chi connectivity index (χ0n) is 20.9. The van der Waals surface area contributed by atoms with Gasteiger partial charge in [0.05, 0.1) is 24.0 Å². The third-order valence-electron chi connectivity index (χ3n) is 8.28. The summed E-state index contributed by atoms with van der Waals surface area (Å²) in [5.74, 6) is 0.332. The Bertz CT molecular complexity index is 1060. The van der Waals surface area contributed by atoms with Crippen molar-refractivity contribution in [2.45, 2.75) is 97.3 Å². The summed E-state index contributed by atoms with van der Waals surface area (Å²) in [5, 5.41) is 9.95. The minimum atomic E-state index is -0.203. The lowest BCUT2D eigenvalue weighted by Crippen LogP contribution is -2.60. The Hall–Kier alpha value is -2.58. The number of pyridine rings is 1. The van der Waals surface area contributed by atoms with Gasteiger partial charge in [-0.25, -0.2) is 0 Å². The second kappa shape index (κ2) is 9.35. The average molecular weight is 447 g/mol. The van der Waals surface area contributed by atoms with Crippen LogP contribution in [0.3, 0.4) is 0 Å². The Morgan fingerprint density at radius 2 is 2.03 bits per heavy atom. The molecule has 3 heterocycles. The van der Waals surface area contributed by atoms with Crippen molar-refractivity contribution in [1.82, 2.24) is 4.98 Å². The fourth-order valence-corrected chi connectivity index (χ4v) is 5.69. The molecular weight excluding hydrogens is 408 g/mol.